The van der Waals surface area contributed by atoms with Gasteiger partial charge in [-0.3, -0.25) is 4.18 Å². The Kier molecular flexibility index (Phi) is 13.9. The van der Waals surface area contributed by atoms with Gasteiger partial charge in [0.2, 0.25) is 0 Å². The molecule has 0 aromatic heterocycles. The summed E-state index contributed by atoms with van der Waals surface area (Å²) in [6, 6.07) is 0. The summed E-state index contributed by atoms with van der Waals surface area (Å²) in [7, 11) is -3.38. The van der Waals surface area contributed by atoms with Crippen LogP contribution in [0.4, 0.5) is 0 Å². The molecule has 0 aromatic rings. The van der Waals surface area contributed by atoms with E-state index in [0.717, 1.165) is 37.5 Å². The molecule has 0 saturated carbocycles. The minimum atomic E-state index is -3.38. The average Bonchev–Trinajstić information content (AvgIpc) is 2.48. The topological polar surface area (TPSA) is 43.4 Å². The molecule has 0 bridgehead atoms. The molecule has 0 spiro atoms. The normalized spacial score (nSPS) is 16.2. The molecule has 4 heteroatoms. The summed E-state index contributed by atoms with van der Waals surface area (Å²) in [6.07, 6.45) is 12.4. The lowest BCUT2D eigenvalue weighted by Crippen LogP contribution is -2.19. The molecular weight excluding hydrogens is 344 g/mol. The van der Waals surface area contributed by atoms with Crippen molar-refractivity contribution in [2.45, 2.75) is 112 Å². The van der Waals surface area contributed by atoms with Gasteiger partial charge in [-0.05, 0) is 49.4 Å². The van der Waals surface area contributed by atoms with Gasteiger partial charge in [-0.1, -0.05) is 80.1 Å². The summed E-state index contributed by atoms with van der Waals surface area (Å²) in [4.78, 5) is 0. The van der Waals surface area contributed by atoms with E-state index in [1.165, 1.54) is 44.8 Å². The van der Waals surface area contributed by atoms with Crippen LogP contribution in [0.2, 0.25) is 0 Å². The van der Waals surface area contributed by atoms with Crippen molar-refractivity contribution in [3.8, 4) is 0 Å². The van der Waals surface area contributed by atoms with Gasteiger partial charge >= 0.3 is 0 Å². The van der Waals surface area contributed by atoms with Crippen molar-refractivity contribution in [1.82, 2.24) is 0 Å². The van der Waals surface area contributed by atoms with Crippen molar-refractivity contribution in [3.05, 3.63) is 0 Å². The standard InChI is InChI=1S/C22H46O3S/c1-18(2)10-8-12-20(5)14-16-22(25-26(7,23)24)17-15-21(6)13-9-11-19(3)4/h18-22H,8-17H2,1-7H3. The molecule has 0 fully saturated rings. The molecule has 2 unspecified atom stereocenters. The summed E-state index contributed by atoms with van der Waals surface area (Å²) >= 11 is 0. The Morgan fingerprint density at radius 2 is 1.00 bits per heavy atom. The molecule has 0 aliphatic carbocycles. The zero-order valence-corrected chi connectivity index (χ0v) is 19.4. The molecule has 3 nitrogen and oxygen atoms in total. The van der Waals surface area contributed by atoms with Crippen LogP contribution in [0.15, 0.2) is 0 Å². The highest BCUT2D eigenvalue weighted by Gasteiger charge is 2.18. The fraction of sp³-hybridized carbons (Fsp3) is 1.00. The fourth-order valence-corrected chi connectivity index (χ4v) is 4.15. The lowest BCUT2D eigenvalue weighted by molar-refractivity contribution is 0.168. The van der Waals surface area contributed by atoms with Crippen LogP contribution >= 0.6 is 0 Å². The van der Waals surface area contributed by atoms with E-state index < -0.39 is 10.1 Å². The van der Waals surface area contributed by atoms with Gasteiger partial charge in [-0.15, -0.1) is 0 Å². The van der Waals surface area contributed by atoms with Crippen molar-refractivity contribution in [2.24, 2.45) is 23.7 Å². The molecular formula is C22H46O3S. The Labute approximate surface area is 164 Å². The van der Waals surface area contributed by atoms with E-state index in [4.69, 9.17) is 4.18 Å². The first kappa shape index (κ1) is 25.9. The lowest BCUT2D eigenvalue weighted by Gasteiger charge is -2.21. The van der Waals surface area contributed by atoms with Gasteiger partial charge < -0.3 is 0 Å². The molecule has 158 valence electrons. The molecule has 0 radical (unpaired) electrons. The van der Waals surface area contributed by atoms with Crippen LogP contribution in [0.5, 0.6) is 0 Å². The number of hydrogen-bond donors (Lipinski definition) is 0. The molecule has 0 N–H and O–H groups in total. The SMILES string of the molecule is CC(C)CCCC(C)CCC(CCC(C)CCCC(C)C)OS(C)(=O)=O. The molecule has 0 rings (SSSR count). The third-order valence-corrected chi connectivity index (χ3v) is 5.85. The first-order valence-corrected chi connectivity index (χ1v) is 12.7. The van der Waals surface area contributed by atoms with Gasteiger partial charge in [0.15, 0.2) is 0 Å². The van der Waals surface area contributed by atoms with E-state index >= 15 is 0 Å². The van der Waals surface area contributed by atoms with E-state index in [9.17, 15) is 8.42 Å². The molecule has 0 aliphatic heterocycles. The van der Waals surface area contributed by atoms with Crippen LogP contribution in [-0.4, -0.2) is 20.8 Å². The first-order valence-electron chi connectivity index (χ1n) is 10.9. The predicted octanol–water partition coefficient (Wildman–Crippen LogP) is 6.82. The van der Waals surface area contributed by atoms with Gasteiger partial charge in [0.1, 0.15) is 0 Å². The second kappa shape index (κ2) is 14.0. The van der Waals surface area contributed by atoms with Gasteiger partial charge in [-0.25, -0.2) is 0 Å². The second-order valence-corrected chi connectivity index (χ2v) is 11.0. The van der Waals surface area contributed by atoms with Gasteiger partial charge in [0.25, 0.3) is 10.1 Å². The van der Waals surface area contributed by atoms with Crippen LogP contribution in [0.1, 0.15) is 106 Å². The molecule has 0 aromatic carbocycles. The van der Waals surface area contributed by atoms with Crippen LogP contribution in [0, 0.1) is 23.7 Å². The molecule has 2 atom stereocenters. The van der Waals surface area contributed by atoms with Crippen molar-refractivity contribution < 1.29 is 12.6 Å². The van der Waals surface area contributed by atoms with Crippen LogP contribution in [0.25, 0.3) is 0 Å². The zero-order valence-electron chi connectivity index (χ0n) is 18.6. The Bertz CT molecular complexity index is 405. The van der Waals surface area contributed by atoms with E-state index in [1.54, 1.807) is 0 Å². The maximum Gasteiger partial charge on any atom is 0.264 e. The third kappa shape index (κ3) is 17.3. The number of hydrogen-bond acceptors (Lipinski definition) is 3. The minimum Gasteiger partial charge on any atom is -0.267 e. The van der Waals surface area contributed by atoms with Crippen molar-refractivity contribution in [3.63, 3.8) is 0 Å². The van der Waals surface area contributed by atoms with E-state index in [-0.39, 0.29) is 6.10 Å². The van der Waals surface area contributed by atoms with Gasteiger partial charge in [0, 0.05) is 0 Å². The average molecular weight is 391 g/mol. The third-order valence-electron chi connectivity index (χ3n) is 5.23. The molecule has 26 heavy (non-hydrogen) atoms. The zero-order chi connectivity index (χ0) is 20.2. The van der Waals surface area contributed by atoms with Crippen molar-refractivity contribution in [2.75, 3.05) is 6.26 Å². The Hall–Kier alpha value is -0.0900. The smallest absolute Gasteiger partial charge is 0.264 e. The summed E-state index contributed by atoms with van der Waals surface area (Å²) in [5, 5.41) is 0. The van der Waals surface area contributed by atoms with E-state index in [2.05, 4.69) is 41.5 Å². The Morgan fingerprint density at radius 1 is 0.615 bits per heavy atom. The van der Waals surface area contributed by atoms with E-state index in [1.807, 2.05) is 0 Å². The van der Waals surface area contributed by atoms with Crippen LogP contribution < -0.4 is 0 Å². The molecule has 0 saturated heterocycles. The summed E-state index contributed by atoms with van der Waals surface area (Å²) in [5.74, 6) is 2.81. The minimum absolute atomic E-state index is 0.148. The summed E-state index contributed by atoms with van der Waals surface area (Å²) in [5.41, 5.74) is 0. The maximum atomic E-state index is 11.6. The molecule has 0 heterocycles. The highest BCUT2D eigenvalue weighted by atomic mass is 32.2. The van der Waals surface area contributed by atoms with Crippen LogP contribution in [-0.2, 0) is 14.3 Å². The van der Waals surface area contributed by atoms with Crippen molar-refractivity contribution in [1.29, 1.82) is 0 Å². The van der Waals surface area contributed by atoms with Crippen LogP contribution in [0.3, 0.4) is 0 Å². The maximum absolute atomic E-state index is 11.6. The van der Waals surface area contributed by atoms with E-state index in [0.29, 0.717) is 11.8 Å². The fourth-order valence-electron chi connectivity index (χ4n) is 3.47. The number of rotatable bonds is 16. The highest BCUT2D eigenvalue weighted by Crippen LogP contribution is 2.24. The van der Waals surface area contributed by atoms with Crippen molar-refractivity contribution >= 4 is 10.1 Å². The Balaban J connectivity index is 4.27. The summed E-state index contributed by atoms with van der Waals surface area (Å²) < 4.78 is 28.6. The lowest BCUT2D eigenvalue weighted by atomic mass is 9.91. The van der Waals surface area contributed by atoms with Gasteiger partial charge in [0.05, 0.1) is 12.4 Å². The first-order chi connectivity index (χ1) is 12.0. The monoisotopic (exact) mass is 390 g/mol. The summed E-state index contributed by atoms with van der Waals surface area (Å²) in [6.45, 7) is 13.6. The Morgan fingerprint density at radius 3 is 1.31 bits per heavy atom. The molecule has 0 amide bonds. The highest BCUT2D eigenvalue weighted by molar-refractivity contribution is 7.86. The largest absolute Gasteiger partial charge is 0.267 e. The molecule has 0 aliphatic rings. The predicted molar refractivity (Wildman–Crippen MR) is 114 cm³/mol. The second-order valence-electron chi connectivity index (χ2n) is 9.44. The van der Waals surface area contributed by atoms with Gasteiger partial charge in [-0.2, -0.15) is 8.42 Å². The quantitative estimate of drug-likeness (QED) is 0.272.